The monoisotopic (exact) mass is 779 g/mol. The van der Waals surface area contributed by atoms with Gasteiger partial charge in [-0.1, -0.05) is 119 Å². The zero-order chi connectivity index (χ0) is 41.0. The fraction of sp³-hybridized carbons (Fsp3) is 0.370. The third-order valence-corrected chi connectivity index (χ3v) is 11.1. The molecule has 11 heteroatoms. The molecule has 0 fully saturated rings. The Hall–Kier alpha value is -5.58. The topological polar surface area (TPSA) is 104 Å². The molecule has 8 nitrogen and oxygen atoms in total. The Labute approximate surface area is 331 Å². The van der Waals surface area contributed by atoms with Gasteiger partial charge in [0.1, 0.15) is 6.04 Å². The molecule has 0 heterocycles. The lowest BCUT2D eigenvalue weighted by Crippen LogP contribution is -2.61. The second-order valence-electron chi connectivity index (χ2n) is 15.8. The zero-order valence-corrected chi connectivity index (χ0v) is 32.6. The molecule has 298 valence electrons. The number of hydrogen-bond acceptors (Lipinski definition) is 5. The summed E-state index contributed by atoms with van der Waals surface area (Å²) in [5.74, 6) is -3.99. The van der Waals surface area contributed by atoms with Crippen molar-refractivity contribution >= 4 is 29.3 Å². The van der Waals surface area contributed by atoms with E-state index in [4.69, 9.17) is 0 Å². The van der Waals surface area contributed by atoms with Gasteiger partial charge in [-0.2, -0.15) is 13.2 Å². The van der Waals surface area contributed by atoms with Crippen LogP contribution < -0.4 is 5.32 Å². The second-order valence-corrected chi connectivity index (χ2v) is 15.8. The van der Waals surface area contributed by atoms with Crippen molar-refractivity contribution in [1.29, 1.82) is 0 Å². The molecule has 2 aliphatic carbocycles. The van der Waals surface area contributed by atoms with E-state index >= 15 is 4.79 Å². The van der Waals surface area contributed by atoms with E-state index in [-0.39, 0.29) is 12.0 Å². The summed E-state index contributed by atoms with van der Waals surface area (Å²) in [6.07, 6.45) is -2.90. The first-order chi connectivity index (χ1) is 27.1. The molecule has 1 unspecified atom stereocenters. The molecule has 0 aliphatic heterocycles. The van der Waals surface area contributed by atoms with Gasteiger partial charge in [-0.25, -0.2) is 0 Å². The predicted octanol–water partition coefficient (Wildman–Crippen LogP) is 6.86. The molecule has 0 bridgehead atoms. The van der Waals surface area contributed by atoms with Crippen LogP contribution in [0.15, 0.2) is 103 Å². The molecule has 0 spiro atoms. The van der Waals surface area contributed by atoms with Crippen molar-refractivity contribution in [2.75, 3.05) is 6.54 Å². The molecule has 6 rings (SSSR count). The fourth-order valence-electron chi connectivity index (χ4n) is 8.20. The fourth-order valence-corrected chi connectivity index (χ4v) is 8.20. The lowest BCUT2D eigenvalue weighted by Gasteiger charge is -2.41. The van der Waals surface area contributed by atoms with Crippen molar-refractivity contribution in [1.82, 2.24) is 15.1 Å². The number of alkyl halides is 3. The van der Waals surface area contributed by atoms with Gasteiger partial charge in [0.05, 0.1) is 18.2 Å². The summed E-state index contributed by atoms with van der Waals surface area (Å²) >= 11 is 0. The normalized spacial score (nSPS) is 15.2. The minimum atomic E-state index is -4.58. The molecule has 2 atom stereocenters. The van der Waals surface area contributed by atoms with E-state index in [0.29, 0.717) is 31.2 Å². The van der Waals surface area contributed by atoms with E-state index in [9.17, 15) is 32.3 Å². The SMILES string of the molecule is CC(C)C(NC(=O)CN(C(=O)[C@H](C(C)C)N(C(=O)C(=O)Cc1ccccc1)C1Cc2ccccc2C1)C1Cc2ccccc2C1)C(=O)c1ccc(C(F)(F)F)cc1. The maximum Gasteiger partial charge on any atom is 0.416 e. The van der Waals surface area contributed by atoms with Gasteiger partial charge >= 0.3 is 6.18 Å². The van der Waals surface area contributed by atoms with Crippen molar-refractivity contribution in [3.8, 4) is 0 Å². The molecule has 0 aromatic heterocycles. The summed E-state index contributed by atoms with van der Waals surface area (Å²) in [6.45, 7) is 6.63. The van der Waals surface area contributed by atoms with Crippen LogP contribution in [0.5, 0.6) is 0 Å². The van der Waals surface area contributed by atoms with E-state index in [1.54, 1.807) is 38.1 Å². The van der Waals surface area contributed by atoms with Crippen LogP contribution in [0.25, 0.3) is 0 Å². The summed E-state index contributed by atoms with van der Waals surface area (Å²) in [5.41, 5.74) is 3.90. The van der Waals surface area contributed by atoms with Crippen molar-refractivity contribution in [3.05, 3.63) is 142 Å². The molecular formula is C46H48F3N3O5. The Morgan fingerprint density at radius 3 is 1.63 bits per heavy atom. The Bertz CT molecular complexity index is 2070. The smallest absolute Gasteiger partial charge is 0.344 e. The van der Waals surface area contributed by atoms with Crippen LogP contribution in [-0.2, 0) is 57.5 Å². The van der Waals surface area contributed by atoms with Gasteiger partial charge in [-0.05, 0) is 77.5 Å². The highest BCUT2D eigenvalue weighted by Gasteiger charge is 2.45. The molecule has 4 aromatic rings. The molecule has 1 N–H and O–H groups in total. The maximum atomic E-state index is 15.3. The quantitative estimate of drug-likeness (QED) is 0.111. The Kier molecular flexibility index (Phi) is 12.4. The van der Waals surface area contributed by atoms with E-state index in [2.05, 4.69) is 5.32 Å². The Morgan fingerprint density at radius 2 is 1.16 bits per heavy atom. The molecule has 0 saturated carbocycles. The number of hydrogen-bond donors (Lipinski definition) is 1. The number of carbonyl (C=O) groups is 5. The van der Waals surface area contributed by atoms with E-state index < -0.39 is 83.6 Å². The van der Waals surface area contributed by atoms with Crippen LogP contribution >= 0.6 is 0 Å². The minimum Gasteiger partial charge on any atom is -0.344 e. The van der Waals surface area contributed by atoms with Crippen LogP contribution in [0.1, 0.15) is 71.4 Å². The third kappa shape index (κ3) is 9.35. The van der Waals surface area contributed by atoms with E-state index in [0.717, 1.165) is 46.5 Å². The summed E-state index contributed by atoms with van der Waals surface area (Å²) in [5, 5.41) is 2.78. The number of nitrogens with zero attached hydrogens (tertiary/aromatic N) is 2. The summed E-state index contributed by atoms with van der Waals surface area (Å²) in [6, 6.07) is 25.2. The molecular weight excluding hydrogens is 732 g/mol. The second kappa shape index (κ2) is 17.3. The van der Waals surface area contributed by atoms with Crippen molar-refractivity contribution in [2.45, 2.75) is 90.1 Å². The summed E-state index contributed by atoms with van der Waals surface area (Å²) in [4.78, 5) is 74.4. The van der Waals surface area contributed by atoms with Crippen LogP contribution in [0.3, 0.4) is 0 Å². The number of ketones is 2. The number of fused-ring (bicyclic) bond motifs is 2. The zero-order valence-electron chi connectivity index (χ0n) is 32.6. The molecule has 4 aromatic carbocycles. The standard InChI is InChI=1S/C46H48F3N3O5/c1-28(2)41(43(55)31-18-20-36(21-19-31)46(47,48)49)50-40(54)27-51(37-23-32-14-8-9-15-33(32)24-37)45(57)42(29(3)4)52(38-25-34-16-10-11-17-35(34)26-38)44(56)39(53)22-30-12-6-5-7-13-30/h5-21,28-29,37-38,41-42H,22-27H2,1-4H3,(H,50,54)/t41?,42-/m0/s1. The van der Waals surface area contributed by atoms with Gasteiger partial charge in [0.15, 0.2) is 5.78 Å². The van der Waals surface area contributed by atoms with Gasteiger partial charge in [0.25, 0.3) is 5.91 Å². The van der Waals surface area contributed by atoms with Crippen LogP contribution in [0.2, 0.25) is 0 Å². The Morgan fingerprint density at radius 1 is 0.667 bits per heavy atom. The first-order valence-corrected chi connectivity index (χ1v) is 19.5. The van der Waals surface area contributed by atoms with E-state index in [1.807, 2.05) is 68.4 Å². The highest BCUT2D eigenvalue weighted by molar-refractivity contribution is 6.37. The van der Waals surface area contributed by atoms with Gasteiger partial charge in [0, 0.05) is 24.1 Å². The number of rotatable bonds is 14. The number of carbonyl (C=O) groups excluding carboxylic acids is 5. The van der Waals surface area contributed by atoms with Gasteiger partial charge in [-0.15, -0.1) is 0 Å². The number of nitrogens with one attached hydrogen (secondary N) is 1. The van der Waals surface area contributed by atoms with Crippen molar-refractivity contribution < 1.29 is 37.1 Å². The number of Topliss-reactive ketones (excluding diaryl/α,β-unsaturated/α-hetero) is 2. The molecule has 3 amide bonds. The lowest BCUT2D eigenvalue weighted by atomic mass is 9.94. The molecule has 57 heavy (non-hydrogen) atoms. The van der Waals surface area contributed by atoms with E-state index in [1.165, 1.54) is 9.80 Å². The molecule has 0 radical (unpaired) electrons. The van der Waals surface area contributed by atoms with Crippen LogP contribution in [0.4, 0.5) is 13.2 Å². The van der Waals surface area contributed by atoms with Crippen molar-refractivity contribution in [2.24, 2.45) is 11.8 Å². The predicted molar refractivity (Wildman–Crippen MR) is 210 cm³/mol. The van der Waals surface area contributed by atoms with Crippen molar-refractivity contribution in [3.63, 3.8) is 0 Å². The Balaban J connectivity index is 1.32. The number of halogens is 3. The maximum absolute atomic E-state index is 15.3. The van der Waals surface area contributed by atoms with Gasteiger partial charge in [-0.3, -0.25) is 24.0 Å². The summed E-state index contributed by atoms with van der Waals surface area (Å²) < 4.78 is 39.7. The van der Waals surface area contributed by atoms with Gasteiger partial charge in [0.2, 0.25) is 17.6 Å². The molecule has 0 saturated heterocycles. The number of amides is 3. The highest BCUT2D eigenvalue weighted by Crippen LogP contribution is 2.33. The highest BCUT2D eigenvalue weighted by atomic mass is 19.4. The van der Waals surface area contributed by atoms with Crippen LogP contribution in [0, 0.1) is 11.8 Å². The minimum absolute atomic E-state index is 0.00734. The first kappa shape index (κ1) is 41.1. The largest absolute Gasteiger partial charge is 0.416 e. The molecule has 2 aliphatic rings. The summed E-state index contributed by atoms with van der Waals surface area (Å²) in [7, 11) is 0. The first-order valence-electron chi connectivity index (χ1n) is 19.5. The van der Waals surface area contributed by atoms with Crippen LogP contribution in [-0.4, -0.2) is 69.8 Å². The lowest BCUT2D eigenvalue weighted by molar-refractivity contribution is -0.156. The average Bonchev–Trinajstić information content (AvgIpc) is 3.82. The number of benzene rings is 4. The average molecular weight is 780 g/mol. The van der Waals surface area contributed by atoms with Gasteiger partial charge < -0.3 is 15.1 Å². The third-order valence-electron chi connectivity index (χ3n) is 11.1.